The molecule has 1 aromatic carbocycles. The number of halogens is 2. The van der Waals surface area contributed by atoms with E-state index in [-0.39, 0.29) is 17.2 Å². The molecule has 2 aliphatic rings. The Morgan fingerprint density at radius 1 is 1.28 bits per heavy atom. The zero-order valence-corrected chi connectivity index (χ0v) is 18.6. The van der Waals surface area contributed by atoms with Gasteiger partial charge in [0.15, 0.2) is 0 Å². The highest BCUT2D eigenvalue weighted by Crippen LogP contribution is 2.32. The van der Waals surface area contributed by atoms with E-state index in [4.69, 9.17) is 31.0 Å². The van der Waals surface area contributed by atoms with Crippen molar-refractivity contribution < 1.29 is 13.9 Å². The quantitative estimate of drug-likeness (QED) is 0.583. The Hall–Kier alpha value is -2.55. The molecule has 0 aliphatic carbocycles. The topological polar surface area (TPSA) is 69.5 Å². The number of aryl methyl sites for hydroxylation is 1. The van der Waals surface area contributed by atoms with Crippen LogP contribution in [-0.4, -0.2) is 53.5 Å². The van der Waals surface area contributed by atoms with Gasteiger partial charge in [-0.25, -0.2) is 14.4 Å². The predicted molar refractivity (Wildman–Crippen MR) is 121 cm³/mol. The summed E-state index contributed by atoms with van der Waals surface area (Å²) in [5.41, 5.74) is 0.940. The van der Waals surface area contributed by atoms with Gasteiger partial charge < -0.3 is 14.4 Å². The molecule has 2 aromatic heterocycles. The van der Waals surface area contributed by atoms with Gasteiger partial charge in [0.25, 0.3) is 5.56 Å². The van der Waals surface area contributed by atoms with Gasteiger partial charge in [0, 0.05) is 43.2 Å². The molecule has 0 amide bonds. The number of fused-ring (bicyclic) bond motifs is 2. The van der Waals surface area contributed by atoms with Gasteiger partial charge >= 0.3 is 0 Å². The molecule has 1 saturated heterocycles. The van der Waals surface area contributed by atoms with E-state index in [0.717, 1.165) is 18.7 Å². The molecule has 1 fully saturated rings. The molecule has 168 valence electrons. The number of pyridine rings is 1. The molecule has 0 spiro atoms. The normalized spacial score (nSPS) is 18.3. The summed E-state index contributed by atoms with van der Waals surface area (Å²) in [6.45, 7) is 5.39. The second-order valence-corrected chi connectivity index (χ2v) is 8.47. The Morgan fingerprint density at radius 2 is 2.16 bits per heavy atom. The minimum Gasteiger partial charge on any atom is -0.379 e. The Kier molecular flexibility index (Phi) is 5.84. The van der Waals surface area contributed by atoms with E-state index >= 15 is 0 Å². The maximum atomic E-state index is 14.9. The van der Waals surface area contributed by atoms with Gasteiger partial charge in [-0.3, -0.25) is 9.36 Å². The van der Waals surface area contributed by atoms with Crippen molar-refractivity contribution in [2.75, 3.05) is 37.8 Å². The number of morpholine rings is 1. The van der Waals surface area contributed by atoms with Crippen molar-refractivity contribution in [1.82, 2.24) is 14.5 Å². The van der Waals surface area contributed by atoms with Crippen LogP contribution in [0.2, 0.25) is 5.02 Å². The molecule has 9 heteroatoms. The van der Waals surface area contributed by atoms with Crippen LogP contribution < -0.4 is 10.5 Å². The molecule has 1 unspecified atom stereocenters. The average Bonchev–Trinajstić information content (AvgIpc) is 3.27. The summed E-state index contributed by atoms with van der Waals surface area (Å²) >= 11 is 5.97. The van der Waals surface area contributed by atoms with Gasteiger partial charge in [-0.1, -0.05) is 11.6 Å². The van der Waals surface area contributed by atoms with Crippen molar-refractivity contribution in [3.63, 3.8) is 0 Å². The van der Waals surface area contributed by atoms with Crippen molar-refractivity contribution in [2.45, 2.75) is 32.4 Å². The van der Waals surface area contributed by atoms with Crippen molar-refractivity contribution in [2.24, 2.45) is 0 Å². The van der Waals surface area contributed by atoms with Crippen LogP contribution in [-0.2, 0) is 22.4 Å². The van der Waals surface area contributed by atoms with Gasteiger partial charge in [-0.05, 0) is 37.6 Å². The van der Waals surface area contributed by atoms with Gasteiger partial charge in [0.2, 0.25) is 0 Å². The highest BCUT2D eigenvalue weighted by molar-refractivity contribution is 6.30. The Morgan fingerprint density at radius 3 is 2.97 bits per heavy atom. The fourth-order valence-electron chi connectivity index (χ4n) is 4.38. The summed E-state index contributed by atoms with van der Waals surface area (Å²) in [7, 11) is 0. The number of hydrogen-bond donors (Lipinski definition) is 0. The number of rotatable bonds is 5. The molecule has 1 atom stereocenters. The molecular formula is C23H24ClFN4O3. The van der Waals surface area contributed by atoms with E-state index in [0.29, 0.717) is 66.9 Å². The number of hydrogen-bond acceptors (Lipinski definition) is 6. The molecule has 2 aliphatic heterocycles. The van der Waals surface area contributed by atoms with Crippen LogP contribution in [0.4, 0.5) is 10.2 Å². The molecule has 0 radical (unpaired) electrons. The van der Waals surface area contributed by atoms with Gasteiger partial charge in [0.05, 0.1) is 24.7 Å². The Balaban J connectivity index is 1.67. The smallest absolute Gasteiger partial charge is 0.261 e. The first-order valence-corrected chi connectivity index (χ1v) is 11.3. The van der Waals surface area contributed by atoms with Crippen molar-refractivity contribution in [3.8, 4) is 11.3 Å². The standard InChI is InChI=1S/C23H24ClFN4O3/c1-2-31-13-15-12-28(8-9-32-15)20-11-17-22(26-19-4-3-7-29(19)23(17)30)21(27-20)16-6-5-14(24)10-18(16)25/h5-6,10-11,15H,2-4,7-9,12-13H2,1H3. The van der Waals surface area contributed by atoms with Crippen molar-refractivity contribution in [1.29, 1.82) is 0 Å². The zero-order chi connectivity index (χ0) is 22.2. The molecule has 0 saturated carbocycles. The van der Waals surface area contributed by atoms with Gasteiger partial charge in [0.1, 0.15) is 28.7 Å². The largest absolute Gasteiger partial charge is 0.379 e. The van der Waals surface area contributed by atoms with Crippen LogP contribution in [0.25, 0.3) is 22.2 Å². The van der Waals surface area contributed by atoms with E-state index in [1.165, 1.54) is 6.07 Å². The highest BCUT2D eigenvalue weighted by Gasteiger charge is 2.26. The van der Waals surface area contributed by atoms with Crippen LogP contribution >= 0.6 is 11.6 Å². The maximum absolute atomic E-state index is 14.9. The van der Waals surface area contributed by atoms with Crippen LogP contribution in [0.15, 0.2) is 29.1 Å². The molecule has 3 aromatic rings. The molecule has 32 heavy (non-hydrogen) atoms. The second-order valence-electron chi connectivity index (χ2n) is 8.04. The average molecular weight is 459 g/mol. The number of anilines is 1. The third-order valence-corrected chi connectivity index (χ3v) is 6.18. The summed E-state index contributed by atoms with van der Waals surface area (Å²) in [6, 6.07) is 6.24. The van der Waals surface area contributed by atoms with Crippen LogP contribution in [0, 0.1) is 5.82 Å². The maximum Gasteiger partial charge on any atom is 0.261 e. The fraction of sp³-hybridized carbons (Fsp3) is 0.435. The fourth-order valence-corrected chi connectivity index (χ4v) is 4.54. The predicted octanol–water partition coefficient (Wildman–Crippen LogP) is 3.44. The van der Waals surface area contributed by atoms with E-state index < -0.39 is 5.82 Å². The van der Waals surface area contributed by atoms with Gasteiger partial charge in [-0.15, -0.1) is 0 Å². The van der Waals surface area contributed by atoms with Crippen LogP contribution in [0.3, 0.4) is 0 Å². The van der Waals surface area contributed by atoms with Crippen LogP contribution in [0.5, 0.6) is 0 Å². The summed E-state index contributed by atoms with van der Waals surface area (Å²) in [5.74, 6) is 0.821. The third kappa shape index (κ3) is 3.87. The number of aromatic nitrogens is 3. The van der Waals surface area contributed by atoms with E-state index in [2.05, 4.69) is 4.90 Å². The van der Waals surface area contributed by atoms with Crippen LogP contribution in [0.1, 0.15) is 19.2 Å². The lowest BCUT2D eigenvalue weighted by molar-refractivity contribution is -0.0208. The minimum atomic E-state index is -0.498. The molecule has 0 N–H and O–H groups in total. The lowest BCUT2D eigenvalue weighted by Gasteiger charge is -2.34. The first-order valence-electron chi connectivity index (χ1n) is 10.9. The third-order valence-electron chi connectivity index (χ3n) is 5.95. The minimum absolute atomic E-state index is 0.101. The number of benzene rings is 1. The van der Waals surface area contributed by atoms with E-state index in [1.807, 2.05) is 6.92 Å². The summed E-state index contributed by atoms with van der Waals surface area (Å²) < 4.78 is 28.0. The molecule has 5 rings (SSSR count). The lowest BCUT2D eigenvalue weighted by atomic mass is 10.1. The Labute approximate surface area is 189 Å². The van der Waals surface area contributed by atoms with E-state index in [1.54, 1.807) is 22.8 Å². The summed E-state index contributed by atoms with van der Waals surface area (Å²) in [6.07, 6.45) is 1.49. The molecule has 7 nitrogen and oxygen atoms in total. The van der Waals surface area contributed by atoms with Crippen molar-refractivity contribution in [3.05, 3.63) is 51.3 Å². The Bertz CT molecular complexity index is 1230. The first-order chi connectivity index (χ1) is 15.5. The summed E-state index contributed by atoms with van der Waals surface area (Å²) in [4.78, 5) is 24.9. The van der Waals surface area contributed by atoms with Crippen molar-refractivity contribution >= 4 is 28.3 Å². The molecule has 4 heterocycles. The highest BCUT2D eigenvalue weighted by atomic mass is 35.5. The SMILES string of the molecule is CCOCC1CN(c2cc3c(=O)n4c(nc3c(-c3ccc(Cl)cc3F)n2)CCC4)CCO1. The molecular weight excluding hydrogens is 435 g/mol. The van der Waals surface area contributed by atoms with Gasteiger partial charge in [-0.2, -0.15) is 0 Å². The number of nitrogens with zero attached hydrogens (tertiary/aromatic N) is 4. The number of ether oxygens (including phenoxy) is 2. The van der Waals surface area contributed by atoms with E-state index in [9.17, 15) is 9.18 Å². The first kappa shape index (κ1) is 21.3. The second kappa shape index (κ2) is 8.77. The zero-order valence-electron chi connectivity index (χ0n) is 17.8. The molecule has 0 bridgehead atoms. The lowest BCUT2D eigenvalue weighted by Crippen LogP contribution is -2.45. The summed E-state index contributed by atoms with van der Waals surface area (Å²) in [5, 5.41) is 0.741. The monoisotopic (exact) mass is 458 g/mol.